The quantitative estimate of drug-likeness (QED) is 0.922. The number of nitrogens with one attached hydrogen (secondary N) is 1. The number of hydrogen-bond donors (Lipinski definition) is 1. The van der Waals surface area contributed by atoms with E-state index >= 15 is 0 Å². The van der Waals surface area contributed by atoms with Crippen molar-refractivity contribution in [3.8, 4) is 11.6 Å². The fourth-order valence-corrected chi connectivity index (χ4v) is 2.35. The van der Waals surface area contributed by atoms with Gasteiger partial charge >= 0.3 is 0 Å². The van der Waals surface area contributed by atoms with Crippen LogP contribution in [-0.4, -0.2) is 30.1 Å². The molecule has 0 radical (unpaired) electrons. The number of hydrogen-bond acceptors (Lipinski definition) is 4. The Hall–Kier alpha value is -2.40. The average Bonchev–Trinajstić information content (AvgIpc) is 3.08. The van der Waals surface area contributed by atoms with Crippen LogP contribution in [0.3, 0.4) is 0 Å². The van der Waals surface area contributed by atoms with E-state index < -0.39 is 0 Å². The van der Waals surface area contributed by atoms with Crippen LogP contribution in [0.4, 0.5) is 0 Å². The molecule has 114 valence electrons. The molecule has 22 heavy (non-hydrogen) atoms. The number of pyridine rings is 1. The van der Waals surface area contributed by atoms with Gasteiger partial charge < -0.3 is 14.8 Å². The number of nitrogens with zero attached hydrogens (tertiary/aromatic N) is 1. The maximum Gasteiger partial charge on any atom is 0.256 e. The lowest BCUT2D eigenvalue weighted by Gasteiger charge is -2.12. The van der Waals surface area contributed by atoms with Crippen molar-refractivity contribution in [3.63, 3.8) is 0 Å². The number of carbonyl (C=O) groups excluding carboxylic acids is 1. The van der Waals surface area contributed by atoms with Gasteiger partial charge in [-0.3, -0.25) is 4.79 Å². The molecule has 3 rings (SSSR count). The molecule has 2 heterocycles. The summed E-state index contributed by atoms with van der Waals surface area (Å²) in [7, 11) is 0. The van der Waals surface area contributed by atoms with Gasteiger partial charge in [-0.2, -0.15) is 0 Å². The number of aromatic nitrogens is 1. The predicted molar refractivity (Wildman–Crippen MR) is 82.1 cm³/mol. The maximum absolute atomic E-state index is 12.3. The molecule has 5 nitrogen and oxygen atoms in total. The molecule has 1 aromatic heterocycles. The standard InChI is InChI=1S/C17H18N2O3/c20-16(19-12-14-8-5-11-21-14)15-9-4-10-18-17(15)22-13-6-2-1-3-7-13/h1-4,6-7,9-10,14H,5,8,11-12H2,(H,19,20). The highest BCUT2D eigenvalue weighted by molar-refractivity contribution is 5.96. The summed E-state index contributed by atoms with van der Waals surface area (Å²) < 4.78 is 11.2. The Morgan fingerprint density at radius 1 is 1.27 bits per heavy atom. The Bertz CT molecular complexity index is 625. The van der Waals surface area contributed by atoms with Crippen LogP contribution in [0.15, 0.2) is 48.7 Å². The van der Waals surface area contributed by atoms with E-state index in [1.54, 1.807) is 18.3 Å². The molecule has 0 saturated carbocycles. The zero-order valence-electron chi connectivity index (χ0n) is 12.2. The van der Waals surface area contributed by atoms with E-state index in [1.165, 1.54) is 0 Å². The Labute approximate surface area is 129 Å². The van der Waals surface area contributed by atoms with Crippen LogP contribution in [-0.2, 0) is 4.74 Å². The average molecular weight is 298 g/mol. The van der Waals surface area contributed by atoms with E-state index in [1.807, 2.05) is 30.3 Å². The van der Waals surface area contributed by atoms with Gasteiger partial charge in [-0.25, -0.2) is 4.98 Å². The van der Waals surface area contributed by atoms with Crippen LogP contribution in [0, 0.1) is 0 Å². The number of benzene rings is 1. The predicted octanol–water partition coefficient (Wildman–Crippen LogP) is 2.78. The molecule has 1 N–H and O–H groups in total. The summed E-state index contributed by atoms with van der Waals surface area (Å²) >= 11 is 0. The molecule has 1 unspecified atom stereocenters. The first-order valence-electron chi connectivity index (χ1n) is 7.40. The second-order valence-corrected chi connectivity index (χ2v) is 5.12. The molecule has 1 amide bonds. The highest BCUT2D eigenvalue weighted by atomic mass is 16.5. The van der Waals surface area contributed by atoms with Crippen LogP contribution in [0.5, 0.6) is 11.6 Å². The van der Waals surface area contributed by atoms with Crippen molar-refractivity contribution in [2.45, 2.75) is 18.9 Å². The third-order valence-corrected chi connectivity index (χ3v) is 3.49. The molecular weight excluding hydrogens is 280 g/mol. The molecule has 1 atom stereocenters. The zero-order chi connectivity index (χ0) is 15.2. The second-order valence-electron chi connectivity index (χ2n) is 5.12. The Balaban J connectivity index is 1.68. The van der Waals surface area contributed by atoms with Gasteiger partial charge in [0.25, 0.3) is 5.91 Å². The van der Waals surface area contributed by atoms with E-state index in [2.05, 4.69) is 10.3 Å². The van der Waals surface area contributed by atoms with Crippen molar-refractivity contribution < 1.29 is 14.3 Å². The van der Waals surface area contributed by atoms with Crippen LogP contribution in [0.1, 0.15) is 23.2 Å². The molecule has 1 aliphatic heterocycles. The molecule has 1 fully saturated rings. The molecule has 0 spiro atoms. The SMILES string of the molecule is O=C(NCC1CCCO1)c1cccnc1Oc1ccccc1. The molecule has 5 heteroatoms. The minimum absolute atomic E-state index is 0.110. The highest BCUT2D eigenvalue weighted by Gasteiger charge is 2.19. The minimum Gasteiger partial charge on any atom is -0.438 e. The topological polar surface area (TPSA) is 60.5 Å². The fraction of sp³-hybridized carbons (Fsp3) is 0.294. The van der Waals surface area contributed by atoms with Crippen LogP contribution < -0.4 is 10.1 Å². The van der Waals surface area contributed by atoms with Gasteiger partial charge in [0.15, 0.2) is 0 Å². The molecular formula is C17H18N2O3. The highest BCUT2D eigenvalue weighted by Crippen LogP contribution is 2.22. The number of amides is 1. The summed E-state index contributed by atoms with van der Waals surface area (Å²) in [6, 6.07) is 12.7. The van der Waals surface area contributed by atoms with Crippen molar-refractivity contribution >= 4 is 5.91 Å². The van der Waals surface area contributed by atoms with Crippen molar-refractivity contribution in [3.05, 3.63) is 54.2 Å². The van der Waals surface area contributed by atoms with Gasteiger partial charge in [0.1, 0.15) is 11.3 Å². The monoisotopic (exact) mass is 298 g/mol. The number of ether oxygens (including phenoxy) is 2. The van der Waals surface area contributed by atoms with E-state index in [-0.39, 0.29) is 12.0 Å². The van der Waals surface area contributed by atoms with Gasteiger partial charge in [-0.05, 0) is 37.1 Å². The molecule has 2 aromatic rings. The Kier molecular flexibility index (Phi) is 4.65. The second kappa shape index (κ2) is 7.04. The number of carbonyl (C=O) groups is 1. The van der Waals surface area contributed by atoms with E-state index in [0.29, 0.717) is 23.7 Å². The first-order chi connectivity index (χ1) is 10.8. The Morgan fingerprint density at radius 2 is 2.14 bits per heavy atom. The van der Waals surface area contributed by atoms with Crippen molar-refractivity contribution in [1.29, 1.82) is 0 Å². The molecule has 0 bridgehead atoms. The summed E-state index contributed by atoms with van der Waals surface area (Å²) in [5.74, 6) is 0.752. The van der Waals surface area contributed by atoms with Crippen molar-refractivity contribution in [2.24, 2.45) is 0 Å². The van der Waals surface area contributed by atoms with Crippen LogP contribution in [0.25, 0.3) is 0 Å². The van der Waals surface area contributed by atoms with Gasteiger partial charge in [-0.1, -0.05) is 18.2 Å². The normalized spacial score (nSPS) is 17.2. The summed E-state index contributed by atoms with van der Waals surface area (Å²) in [6.45, 7) is 1.29. The maximum atomic E-state index is 12.3. The number of rotatable bonds is 5. The lowest BCUT2D eigenvalue weighted by atomic mass is 10.2. The van der Waals surface area contributed by atoms with Crippen molar-refractivity contribution in [2.75, 3.05) is 13.2 Å². The Morgan fingerprint density at radius 3 is 2.91 bits per heavy atom. The summed E-state index contributed by atoms with van der Waals surface area (Å²) in [5.41, 5.74) is 0.421. The largest absolute Gasteiger partial charge is 0.438 e. The molecule has 1 aromatic carbocycles. The van der Waals surface area contributed by atoms with Crippen molar-refractivity contribution in [1.82, 2.24) is 10.3 Å². The zero-order valence-corrected chi connectivity index (χ0v) is 12.2. The summed E-state index contributed by atoms with van der Waals surface area (Å²) in [4.78, 5) is 16.5. The van der Waals surface area contributed by atoms with Crippen LogP contribution >= 0.6 is 0 Å². The van der Waals surface area contributed by atoms with Gasteiger partial charge in [0, 0.05) is 19.3 Å². The van der Waals surface area contributed by atoms with E-state index in [4.69, 9.17) is 9.47 Å². The molecule has 1 saturated heterocycles. The summed E-state index contributed by atoms with van der Waals surface area (Å²) in [6.07, 6.45) is 3.75. The number of para-hydroxylation sites is 1. The van der Waals surface area contributed by atoms with Gasteiger partial charge in [0.2, 0.25) is 5.88 Å². The third kappa shape index (κ3) is 3.62. The van der Waals surface area contributed by atoms with Crippen LogP contribution in [0.2, 0.25) is 0 Å². The smallest absolute Gasteiger partial charge is 0.256 e. The lowest BCUT2D eigenvalue weighted by molar-refractivity contribution is 0.0855. The third-order valence-electron chi connectivity index (χ3n) is 3.49. The fourth-order valence-electron chi connectivity index (χ4n) is 2.35. The van der Waals surface area contributed by atoms with E-state index in [9.17, 15) is 4.79 Å². The lowest BCUT2D eigenvalue weighted by Crippen LogP contribution is -2.32. The molecule has 1 aliphatic rings. The van der Waals surface area contributed by atoms with Gasteiger partial charge in [-0.15, -0.1) is 0 Å². The molecule has 0 aliphatic carbocycles. The van der Waals surface area contributed by atoms with Gasteiger partial charge in [0.05, 0.1) is 6.10 Å². The minimum atomic E-state index is -0.200. The first kappa shape index (κ1) is 14.5. The summed E-state index contributed by atoms with van der Waals surface area (Å²) in [5, 5.41) is 2.88. The first-order valence-corrected chi connectivity index (χ1v) is 7.40. The van der Waals surface area contributed by atoms with E-state index in [0.717, 1.165) is 19.4 Å².